The van der Waals surface area contributed by atoms with E-state index >= 15 is 0 Å². The summed E-state index contributed by atoms with van der Waals surface area (Å²) in [7, 11) is 0. The summed E-state index contributed by atoms with van der Waals surface area (Å²) in [5.74, 6) is -0.0780. The highest BCUT2D eigenvalue weighted by molar-refractivity contribution is 14.1. The molecule has 0 radical (unpaired) electrons. The Hall–Kier alpha value is -0.170. The molecule has 0 aliphatic heterocycles. The van der Waals surface area contributed by atoms with Gasteiger partial charge in [-0.25, -0.2) is 4.98 Å². The number of carbonyl (C=O) groups excluding carboxylic acids is 1. The minimum absolute atomic E-state index is 0.0780. The summed E-state index contributed by atoms with van der Waals surface area (Å²) >= 11 is 3.52. The van der Waals surface area contributed by atoms with Gasteiger partial charge in [0.1, 0.15) is 3.70 Å². The maximum Gasteiger partial charge on any atom is 0.223 e. The highest BCUT2D eigenvalue weighted by Crippen LogP contribution is 2.15. The molecule has 0 fully saturated rings. The van der Waals surface area contributed by atoms with Gasteiger partial charge in [-0.2, -0.15) is 0 Å². The Balaban J connectivity index is 2.67. The molecule has 0 unspecified atom stereocenters. The predicted molar refractivity (Wildman–Crippen MR) is 49.1 cm³/mol. The number of hydrogen-bond donors (Lipinski definition) is 1. The Morgan fingerprint density at radius 2 is 2.60 bits per heavy atom. The molecule has 0 saturated carbocycles. The number of rotatable bonds is 1. The smallest absolute Gasteiger partial charge is 0.223 e. The van der Waals surface area contributed by atoms with Crippen LogP contribution >= 0.6 is 33.9 Å². The number of hydrogen-bond acceptors (Lipinski definition) is 3. The molecule has 0 saturated heterocycles. The summed E-state index contributed by atoms with van der Waals surface area (Å²) in [5.41, 5.74) is 0. The molecule has 1 aromatic heterocycles. The lowest BCUT2D eigenvalue weighted by Crippen LogP contribution is -2.04. The second-order valence-electron chi connectivity index (χ2n) is 1.66. The molecule has 0 aromatic carbocycles. The Morgan fingerprint density at radius 3 is 3.00 bits per heavy atom. The first-order chi connectivity index (χ1) is 4.68. The molecular formula is C5H5IN2OS. The monoisotopic (exact) mass is 268 g/mol. The third-order valence-electron chi connectivity index (χ3n) is 0.759. The average Bonchev–Trinajstić information content (AvgIpc) is 2.13. The molecule has 10 heavy (non-hydrogen) atoms. The van der Waals surface area contributed by atoms with Crippen LogP contribution in [0, 0.1) is 3.70 Å². The summed E-state index contributed by atoms with van der Waals surface area (Å²) < 4.78 is 0.909. The molecule has 0 aliphatic rings. The molecule has 0 aliphatic carbocycles. The van der Waals surface area contributed by atoms with Crippen LogP contribution in [-0.2, 0) is 4.79 Å². The zero-order valence-electron chi connectivity index (χ0n) is 5.22. The van der Waals surface area contributed by atoms with Gasteiger partial charge in [-0.1, -0.05) is 0 Å². The van der Waals surface area contributed by atoms with Gasteiger partial charge in [0, 0.05) is 12.3 Å². The van der Waals surface area contributed by atoms with E-state index in [4.69, 9.17) is 0 Å². The quantitative estimate of drug-likeness (QED) is 0.788. The van der Waals surface area contributed by atoms with Gasteiger partial charge in [-0.05, 0) is 22.6 Å². The van der Waals surface area contributed by atoms with Crippen molar-refractivity contribution < 1.29 is 4.79 Å². The van der Waals surface area contributed by atoms with Crippen LogP contribution in [0.3, 0.4) is 0 Å². The number of amides is 1. The van der Waals surface area contributed by atoms with Crippen molar-refractivity contribution in [3.63, 3.8) is 0 Å². The SMILES string of the molecule is CC(=O)Nc1nc(I)cs1. The van der Waals surface area contributed by atoms with Gasteiger partial charge in [-0.3, -0.25) is 4.79 Å². The van der Waals surface area contributed by atoms with Crippen molar-refractivity contribution in [1.29, 1.82) is 0 Å². The molecule has 1 N–H and O–H groups in total. The van der Waals surface area contributed by atoms with E-state index in [0.29, 0.717) is 5.13 Å². The van der Waals surface area contributed by atoms with Crippen LogP contribution in [0.15, 0.2) is 5.38 Å². The van der Waals surface area contributed by atoms with E-state index < -0.39 is 0 Å². The molecule has 0 spiro atoms. The van der Waals surface area contributed by atoms with Gasteiger partial charge in [0.25, 0.3) is 0 Å². The van der Waals surface area contributed by atoms with Crippen molar-refractivity contribution >= 4 is 45.0 Å². The lowest BCUT2D eigenvalue weighted by Gasteiger charge is -1.91. The second kappa shape index (κ2) is 3.29. The van der Waals surface area contributed by atoms with Crippen LogP contribution in [0.2, 0.25) is 0 Å². The van der Waals surface area contributed by atoms with Crippen LogP contribution < -0.4 is 5.32 Å². The highest BCUT2D eigenvalue weighted by Gasteiger charge is 1.98. The molecule has 5 heteroatoms. The molecule has 0 bridgehead atoms. The van der Waals surface area contributed by atoms with E-state index in [1.54, 1.807) is 0 Å². The van der Waals surface area contributed by atoms with Gasteiger partial charge < -0.3 is 5.32 Å². The number of aromatic nitrogens is 1. The number of thiazole rings is 1. The molecule has 54 valence electrons. The lowest BCUT2D eigenvalue weighted by atomic mass is 10.7. The van der Waals surface area contributed by atoms with Crippen LogP contribution in [-0.4, -0.2) is 10.9 Å². The molecular weight excluding hydrogens is 263 g/mol. The molecule has 1 rings (SSSR count). The first kappa shape index (κ1) is 7.93. The third-order valence-corrected chi connectivity index (χ3v) is 2.49. The van der Waals surface area contributed by atoms with E-state index in [1.165, 1.54) is 18.3 Å². The van der Waals surface area contributed by atoms with Gasteiger partial charge in [0.15, 0.2) is 5.13 Å². The summed E-state index contributed by atoms with van der Waals surface area (Å²) in [4.78, 5) is 14.5. The summed E-state index contributed by atoms with van der Waals surface area (Å²) in [6.45, 7) is 1.47. The number of halogens is 1. The first-order valence-corrected chi connectivity index (χ1v) is 4.53. The summed E-state index contributed by atoms with van der Waals surface area (Å²) in [6, 6.07) is 0. The van der Waals surface area contributed by atoms with E-state index in [1.807, 2.05) is 5.38 Å². The van der Waals surface area contributed by atoms with E-state index in [-0.39, 0.29) is 5.91 Å². The fourth-order valence-corrected chi connectivity index (χ4v) is 1.86. The average molecular weight is 268 g/mol. The highest BCUT2D eigenvalue weighted by atomic mass is 127. The maximum absolute atomic E-state index is 10.5. The van der Waals surface area contributed by atoms with Crippen LogP contribution in [0.25, 0.3) is 0 Å². The summed E-state index contributed by atoms with van der Waals surface area (Å²) in [6.07, 6.45) is 0. The fourth-order valence-electron chi connectivity index (χ4n) is 0.462. The number of nitrogens with zero attached hydrogens (tertiary/aromatic N) is 1. The zero-order chi connectivity index (χ0) is 7.56. The third kappa shape index (κ3) is 2.22. The Bertz CT molecular complexity index is 248. The normalized spacial score (nSPS) is 9.40. The van der Waals surface area contributed by atoms with Gasteiger partial charge in [-0.15, -0.1) is 11.3 Å². The number of carbonyl (C=O) groups is 1. The van der Waals surface area contributed by atoms with Gasteiger partial charge >= 0.3 is 0 Å². The van der Waals surface area contributed by atoms with E-state index in [2.05, 4.69) is 32.9 Å². The minimum Gasteiger partial charge on any atom is -0.302 e. The van der Waals surface area contributed by atoms with Gasteiger partial charge in [0.05, 0.1) is 0 Å². The van der Waals surface area contributed by atoms with Gasteiger partial charge in [0.2, 0.25) is 5.91 Å². The lowest BCUT2D eigenvalue weighted by molar-refractivity contribution is -0.114. The predicted octanol–water partition coefficient (Wildman–Crippen LogP) is 1.71. The Morgan fingerprint density at radius 1 is 1.90 bits per heavy atom. The molecule has 3 nitrogen and oxygen atoms in total. The first-order valence-electron chi connectivity index (χ1n) is 2.57. The minimum atomic E-state index is -0.0780. The van der Waals surface area contributed by atoms with Crippen molar-refractivity contribution in [2.45, 2.75) is 6.92 Å². The fraction of sp³-hybridized carbons (Fsp3) is 0.200. The second-order valence-corrected chi connectivity index (χ2v) is 3.62. The number of anilines is 1. The zero-order valence-corrected chi connectivity index (χ0v) is 8.19. The van der Waals surface area contributed by atoms with Crippen molar-refractivity contribution in [1.82, 2.24) is 4.98 Å². The maximum atomic E-state index is 10.5. The standard InChI is InChI=1S/C5H5IN2OS/c1-3(9)7-5-8-4(6)2-10-5/h2H,1H3,(H,7,8,9). The van der Waals surface area contributed by atoms with E-state index in [0.717, 1.165) is 3.70 Å². The van der Waals surface area contributed by atoms with Crippen LogP contribution in [0.5, 0.6) is 0 Å². The molecule has 1 amide bonds. The molecule has 1 aromatic rings. The van der Waals surface area contributed by atoms with Crippen molar-refractivity contribution in [3.05, 3.63) is 9.08 Å². The topological polar surface area (TPSA) is 42.0 Å². The Labute approximate surface area is 76.0 Å². The molecule has 0 atom stereocenters. The van der Waals surface area contributed by atoms with E-state index in [9.17, 15) is 4.79 Å². The summed E-state index contributed by atoms with van der Waals surface area (Å²) in [5, 5.41) is 5.13. The van der Waals surface area contributed by atoms with Crippen molar-refractivity contribution in [2.75, 3.05) is 5.32 Å². The van der Waals surface area contributed by atoms with Crippen LogP contribution in [0.1, 0.15) is 6.92 Å². The van der Waals surface area contributed by atoms with Crippen molar-refractivity contribution in [2.24, 2.45) is 0 Å². The molecule has 1 heterocycles. The Kier molecular flexibility index (Phi) is 2.61. The van der Waals surface area contributed by atoms with Crippen molar-refractivity contribution in [3.8, 4) is 0 Å². The number of nitrogens with one attached hydrogen (secondary N) is 1. The largest absolute Gasteiger partial charge is 0.302 e. The van der Waals surface area contributed by atoms with Crippen LogP contribution in [0.4, 0.5) is 5.13 Å².